The number of benzene rings is 2. The number of hydrogen-bond donors (Lipinski definition) is 1. The predicted octanol–water partition coefficient (Wildman–Crippen LogP) is 4.74. The van der Waals surface area contributed by atoms with Gasteiger partial charge in [0.25, 0.3) is 0 Å². The number of halogens is 3. The fraction of sp³-hybridized carbons (Fsp3) is 0.400. The van der Waals surface area contributed by atoms with Gasteiger partial charge in [0, 0.05) is 6.54 Å². The van der Waals surface area contributed by atoms with Gasteiger partial charge in [-0.2, -0.15) is 13.2 Å². The summed E-state index contributed by atoms with van der Waals surface area (Å²) in [6.07, 6.45) is -3.50. The molecule has 6 heteroatoms. The summed E-state index contributed by atoms with van der Waals surface area (Å²) < 4.78 is 49.8. The van der Waals surface area contributed by atoms with Gasteiger partial charge in [-0.3, -0.25) is 0 Å². The smallest absolute Gasteiger partial charge is 0.416 e. The summed E-state index contributed by atoms with van der Waals surface area (Å²) in [6, 6.07) is 9.08. The van der Waals surface area contributed by atoms with Crippen LogP contribution in [0.1, 0.15) is 42.1 Å². The molecule has 0 saturated carbocycles. The summed E-state index contributed by atoms with van der Waals surface area (Å²) in [5.41, 5.74) is 2.30. The van der Waals surface area contributed by atoms with Crippen molar-refractivity contribution in [3.8, 4) is 11.5 Å². The number of ether oxygens (including phenoxy) is 2. The summed E-state index contributed by atoms with van der Waals surface area (Å²) in [5, 5.41) is 3.39. The molecule has 0 aliphatic carbocycles. The van der Waals surface area contributed by atoms with Crippen molar-refractivity contribution in [2.45, 2.75) is 32.5 Å². The third kappa shape index (κ3) is 3.80. The Labute approximate surface area is 151 Å². The number of alkyl halides is 3. The van der Waals surface area contributed by atoms with E-state index in [2.05, 4.69) is 5.32 Å². The van der Waals surface area contributed by atoms with Crippen molar-refractivity contribution >= 4 is 0 Å². The first-order valence-electron chi connectivity index (χ1n) is 8.77. The molecule has 0 spiro atoms. The molecule has 26 heavy (non-hydrogen) atoms. The van der Waals surface area contributed by atoms with E-state index in [9.17, 15) is 13.2 Å². The lowest BCUT2D eigenvalue weighted by Gasteiger charge is -2.29. The zero-order valence-electron chi connectivity index (χ0n) is 14.8. The van der Waals surface area contributed by atoms with Crippen molar-refractivity contribution in [2.75, 3.05) is 19.8 Å². The SMILES string of the molecule is CCOc1cc2c(cc1OCC)[C@@H](c1ccc(C(F)(F)F)cc1)NCC2. The Bertz CT molecular complexity index is 757. The highest BCUT2D eigenvalue weighted by Crippen LogP contribution is 2.38. The largest absolute Gasteiger partial charge is 0.490 e. The van der Waals surface area contributed by atoms with E-state index in [1.54, 1.807) is 0 Å². The maximum Gasteiger partial charge on any atom is 0.416 e. The summed E-state index contributed by atoms with van der Waals surface area (Å²) in [6.45, 7) is 5.62. The van der Waals surface area contributed by atoms with E-state index in [1.807, 2.05) is 26.0 Å². The second-order valence-electron chi connectivity index (χ2n) is 6.12. The zero-order chi connectivity index (χ0) is 18.7. The summed E-state index contributed by atoms with van der Waals surface area (Å²) in [4.78, 5) is 0. The molecule has 2 aromatic rings. The van der Waals surface area contributed by atoms with Crippen LogP contribution in [0.15, 0.2) is 36.4 Å². The van der Waals surface area contributed by atoms with Gasteiger partial charge in [0.2, 0.25) is 0 Å². The van der Waals surface area contributed by atoms with Gasteiger partial charge in [0.15, 0.2) is 11.5 Å². The van der Waals surface area contributed by atoms with Gasteiger partial charge < -0.3 is 14.8 Å². The van der Waals surface area contributed by atoms with Gasteiger partial charge in [-0.25, -0.2) is 0 Å². The molecule has 1 atom stereocenters. The van der Waals surface area contributed by atoms with E-state index in [0.717, 1.165) is 41.8 Å². The van der Waals surface area contributed by atoms with E-state index in [-0.39, 0.29) is 6.04 Å². The lowest BCUT2D eigenvalue weighted by Crippen LogP contribution is -2.30. The summed E-state index contributed by atoms with van der Waals surface area (Å²) >= 11 is 0. The van der Waals surface area contributed by atoms with Gasteiger partial charge >= 0.3 is 6.18 Å². The Kier molecular flexibility index (Phi) is 5.41. The number of rotatable bonds is 5. The molecule has 1 aliphatic heterocycles. The minimum Gasteiger partial charge on any atom is -0.490 e. The molecular formula is C20H22F3NO2. The molecule has 0 amide bonds. The molecular weight excluding hydrogens is 343 g/mol. The second-order valence-corrected chi connectivity index (χ2v) is 6.12. The topological polar surface area (TPSA) is 30.5 Å². The van der Waals surface area contributed by atoms with Crippen molar-refractivity contribution in [1.82, 2.24) is 5.32 Å². The fourth-order valence-corrected chi connectivity index (χ4v) is 3.26. The molecule has 1 heterocycles. The monoisotopic (exact) mass is 365 g/mol. The molecule has 140 valence electrons. The normalized spacial score (nSPS) is 16.9. The Morgan fingerprint density at radius 2 is 1.62 bits per heavy atom. The summed E-state index contributed by atoms with van der Waals surface area (Å²) in [5.74, 6) is 1.37. The van der Waals surface area contributed by atoms with Crippen LogP contribution in [0.3, 0.4) is 0 Å². The van der Waals surface area contributed by atoms with Crippen LogP contribution in [0.25, 0.3) is 0 Å². The maximum atomic E-state index is 12.8. The molecule has 2 aromatic carbocycles. The minimum atomic E-state index is -4.33. The van der Waals surface area contributed by atoms with Crippen LogP contribution < -0.4 is 14.8 Å². The molecule has 3 nitrogen and oxygen atoms in total. The van der Waals surface area contributed by atoms with E-state index in [0.29, 0.717) is 24.7 Å². The van der Waals surface area contributed by atoms with Gasteiger partial charge in [-0.15, -0.1) is 0 Å². The standard InChI is InChI=1S/C20H22F3NO2/c1-3-25-17-11-14-9-10-24-19(16(14)12-18(17)26-4-2)13-5-7-15(8-6-13)20(21,22)23/h5-8,11-12,19,24H,3-4,9-10H2,1-2H3/t19-/m1/s1. The molecule has 1 N–H and O–H groups in total. The fourth-order valence-electron chi connectivity index (χ4n) is 3.26. The average molecular weight is 365 g/mol. The highest BCUT2D eigenvalue weighted by molar-refractivity contribution is 5.51. The van der Waals surface area contributed by atoms with Crippen LogP contribution >= 0.6 is 0 Å². The highest BCUT2D eigenvalue weighted by atomic mass is 19.4. The van der Waals surface area contributed by atoms with E-state index >= 15 is 0 Å². The van der Waals surface area contributed by atoms with E-state index in [4.69, 9.17) is 9.47 Å². The van der Waals surface area contributed by atoms with Crippen molar-refractivity contribution < 1.29 is 22.6 Å². The zero-order valence-corrected chi connectivity index (χ0v) is 14.8. The Balaban J connectivity index is 1.98. The third-order valence-electron chi connectivity index (χ3n) is 4.43. The van der Waals surface area contributed by atoms with Crippen LogP contribution in [0.5, 0.6) is 11.5 Å². The lowest BCUT2D eigenvalue weighted by atomic mass is 9.89. The molecule has 0 unspecified atom stereocenters. The van der Waals surface area contributed by atoms with E-state index in [1.165, 1.54) is 12.1 Å². The van der Waals surface area contributed by atoms with Gasteiger partial charge in [0.1, 0.15) is 0 Å². The first-order chi connectivity index (χ1) is 12.4. The Morgan fingerprint density at radius 3 is 2.19 bits per heavy atom. The first-order valence-corrected chi connectivity index (χ1v) is 8.77. The predicted molar refractivity (Wildman–Crippen MR) is 93.8 cm³/mol. The van der Waals surface area contributed by atoms with Crippen LogP contribution in [-0.4, -0.2) is 19.8 Å². The molecule has 0 fully saturated rings. The summed E-state index contributed by atoms with van der Waals surface area (Å²) in [7, 11) is 0. The average Bonchev–Trinajstić information content (AvgIpc) is 2.61. The number of fused-ring (bicyclic) bond motifs is 1. The van der Waals surface area contributed by atoms with Crippen LogP contribution in [-0.2, 0) is 12.6 Å². The van der Waals surface area contributed by atoms with Crippen molar-refractivity contribution in [3.05, 3.63) is 58.7 Å². The molecule has 0 bridgehead atoms. The molecule has 1 aliphatic rings. The van der Waals surface area contributed by atoms with Crippen molar-refractivity contribution in [1.29, 1.82) is 0 Å². The third-order valence-corrected chi connectivity index (χ3v) is 4.43. The second kappa shape index (κ2) is 7.58. The Hall–Kier alpha value is -2.21. The van der Waals surface area contributed by atoms with E-state index < -0.39 is 11.7 Å². The number of nitrogens with one attached hydrogen (secondary N) is 1. The van der Waals surface area contributed by atoms with Crippen molar-refractivity contribution in [3.63, 3.8) is 0 Å². The molecule has 0 radical (unpaired) electrons. The number of hydrogen-bond acceptors (Lipinski definition) is 3. The van der Waals surface area contributed by atoms with Gasteiger partial charge in [-0.05, 0) is 61.2 Å². The Morgan fingerprint density at radius 1 is 1.00 bits per heavy atom. The van der Waals surface area contributed by atoms with Crippen LogP contribution in [0.2, 0.25) is 0 Å². The highest BCUT2D eigenvalue weighted by Gasteiger charge is 2.31. The van der Waals surface area contributed by atoms with Crippen LogP contribution in [0, 0.1) is 0 Å². The molecule has 3 rings (SSSR count). The first kappa shape index (κ1) is 18.6. The van der Waals surface area contributed by atoms with Crippen molar-refractivity contribution in [2.24, 2.45) is 0 Å². The maximum absolute atomic E-state index is 12.8. The molecule has 0 aromatic heterocycles. The minimum absolute atomic E-state index is 0.170. The van der Waals surface area contributed by atoms with Gasteiger partial charge in [0.05, 0.1) is 24.8 Å². The van der Waals surface area contributed by atoms with Crippen LogP contribution in [0.4, 0.5) is 13.2 Å². The molecule has 0 saturated heterocycles. The quantitative estimate of drug-likeness (QED) is 0.830. The van der Waals surface area contributed by atoms with Gasteiger partial charge in [-0.1, -0.05) is 12.1 Å². The lowest BCUT2D eigenvalue weighted by molar-refractivity contribution is -0.137.